The van der Waals surface area contributed by atoms with Gasteiger partial charge in [-0.1, -0.05) is 12.1 Å². The molecule has 0 saturated heterocycles. The molecular weight excluding hydrogens is 246 g/mol. The normalized spacial score (nSPS) is 12.2. The molecule has 0 aromatic heterocycles. The Balaban J connectivity index is 2.72. The fourth-order valence-electron chi connectivity index (χ4n) is 2.04. The van der Waals surface area contributed by atoms with Crippen molar-refractivity contribution >= 4 is 16.7 Å². The number of hydrogen-bond acceptors (Lipinski definition) is 4. The number of rotatable bonds is 4. The van der Waals surface area contributed by atoms with Crippen LogP contribution in [0.3, 0.4) is 0 Å². The molecule has 1 atom stereocenters. The third-order valence-corrected chi connectivity index (χ3v) is 2.99. The minimum atomic E-state index is -1.41. The number of aliphatic hydroxyl groups is 1. The van der Waals surface area contributed by atoms with E-state index in [1.165, 1.54) is 7.11 Å². The molecule has 5 nitrogen and oxygen atoms in total. The van der Waals surface area contributed by atoms with E-state index in [0.717, 1.165) is 5.39 Å². The van der Waals surface area contributed by atoms with E-state index >= 15 is 0 Å². The van der Waals surface area contributed by atoms with Gasteiger partial charge in [-0.25, -0.2) is 0 Å². The Hall–Kier alpha value is -2.27. The average molecular weight is 261 g/mol. The van der Waals surface area contributed by atoms with Gasteiger partial charge in [-0.05, 0) is 29.0 Å². The second-order valence-electron chi connectivity index (χ2n) is 4.07. The molecule has 0 heterocycles. The molecule has 5 heteroatoms. The maximum Gasteiger partial charge on any atom is 0.251 e. The summed E-state index contributed by atoms with van der Waals surface area (Å²) in [5.74, 6) is 0.294. The lowest BCUT2D eigenvalue weighted by Crippen LogP contribution is -2.21. The van der Waals surface area contributed by atoms with Crippen LogP contribution in [0.5, 0.6) is 11.5 Å². The smallest absolute Gasteiger partial charge is 0.251 e. The van der Waals surface area contributed by atoms with Crippen LogP contribution in [0.1, 0.15) is 11.7 Å². The molecule has 1 unspecified atom stereocenters. The van der Waals surface area contributed by atoms with Crippen molar-refractivity contribution < 1.29 is 19.4 Å². The van der Waals surface area contributed by atoms with Gasteiger partial charge in [0, 0.05) is 5.56 Å². The van der Waals surface area contributed by atoms with Crippen LogP contribution in [-0.2, 0) is 4.79 Å². The van der Waals surface area contributed by atoms with Crippen LogP contribution in [0.2, 0.25) is 0 Å². The molecule has 3 N–H and O–H groups in total. The Labute approximate surface area is 110 Å². The maximum atomic E-state index is 11.2. The van der Waals surface area contributed by atoms with Crippen molar-refractivity contribution in [2.45, 2.75) is 6.10 Å². The van der Waals surface area contributed by atoms with Crippen LogP contribution in [-0.4, -0.2) is 25.2 Å². The molecule has 0 aliphatic heterocycles. The van der Waals surface area contributed by atoms with Crippen molar-refractivity contribution in [1.82, 2.24) is 0 Å². The summed E-state index contributed by atoms with van der Waals surface area (Å²) in [5.41, 5.74) is 5.54. The topological polar surface area (TPSA) is 81.8 Å². The number of nitrogens with two attached hydrogens (primary N) is 1. The minimum Gasteiger partial charge on any atom is -0.497 e. The first-order chi connectivity index (χ1) is 9.08. The number of fused-ring (bicyclic) bond motifs is 1. The monoisotopic (exact) mass is 261 g/mol. The van der Waals surface area contributed by atoms with E-state index in [1.807, 2.05) is 12.1 Å². The van der Waals surface area contributed by atoms with Gasteiger partial charge in [0.1, 0.15) is 11.5 Å². The van der Waals surface area contributed by atoms with Crippen LogP contribution < -0.4 is 15.2 Å². The highest BCUT2D eigenvalue weighted by molar-refractivity contribution is 5.94. The largest absolute Gasteiger partial charge is 0.497 e. The van der Waals surface area contributed by atoms with Gasteiger partial charge in [0.05, 0.1) is 14.2 Å². The molecule has 2 rings (SSSR count). The molecule has 1 amide bonds. The van der Waals surface area contributed by atoms with Crippen molar-refractivity contribution in [1.29, 1.82) is 0 Å². The number of carbonyl (C=O) groups excluding carboxylic acids is 1. The molecule has 0 radical (unpaired) electrons. The van der Waals surface area contributed by atoms with Gasteiger partial charge in [-0.3, -0.25) is 4.79 Å². The zero-order valence-electron chi connectivity index (χ0n) is 10.7. The second-order valence-corrected chi connectivity index (χ2v) is 4.07. The van der Waals surface area contributed by atoms with Crippen LogP contribution in [0.4, 0.5) is 0 Å². The number of amides is 1. The molecule has 100 valence electrons. The number of aliphatic hydroxyl groups excluding tert-OH is 1. The van der Waals surface area contributed by atoms with Gasteiger partial charge in [-0.15, -0.1) is 0 Å². The number of primary amides is 1. The zero-order chi connectivity index (χ0) is 14.0. The molecule has 19 heavy (non-hydrogen) atoms. The molecule has 0 fully saturated rings. The van der Waals surface area contributed by atoms with Gasteiger partial charge in [0.25, 0.3) is 5.91 Å². The van der Waals surface area contributed by atoms with Crippen LogP contribution >= 0.6 is 0 Å². The molecule has 2 aromatic rings. The van der Waals surface area contributed by atoms with E-state index in [1.54, 1.807) is 25.3 Å². The van der Waals surface area contributed by atoms with Gasteiger partial charge in [0.2, 0.25) is 0 Å². The zero-order valence-corrected chi connectivity index (χ0v) is 10.7. The minimum absolute atomic E-state index is 0.371. The Kier molecular flexibility index (Phi) is 3.57. The predicted molar refractivity (Wildman–Crippen MR) is 71.2 cm³/mol. The van der Waals surface area contributed by atoms with E-state index < -0.39 is 12.0 Å². The van der Waals surface area contributed by atoms with E-state index in [0.29, 0.717) is 22.4 Å². The first-order valence-corrected chi connectivity index (χ1v) is 5.70. The number of benzene rings is 2. The lowest BCUT2D eigenvalue weighted by Gasteiger charge is -2.15. The van der Waals surface area contributed by atoms with Crippen LogP contribution in [0.25, 0.3) is 10.8 Å². The summed E-state index contributed by atoms with van der Waals surface area (Å²) in [7, 11) is 3.05. The molecule has 2 aromatic carbocycles. The Morgan fingerprint density at radius 3 is 2.53 bits per heavy atom. The third kappa shape index (κ3) is 2.32. The molecule has 0 aliphatic carbocycles. The second kappa shape index (κ2) is 5.16. The van der Waals surface area contributed by atoms with Gasteiger partial charge < -0.3 is 20.3 Å². The van der Waals surface area contributed by atoms with E-state index in [-0.39, 0.29) is 0 Å². The van der Waals surface area contributed by atoms with Crippen LogP contribution in [0.15, 0.2) is 30.3 Å². The first kappa shape index (κ1) is 13.2. The standard InChI is InChI=1S/C14H15NO4/c1-18-9-4-5-10-8(7-9)3-6-11(19-2)12(10)13(16)14(15)17/h3-7,13,16H,1-2H3,(H2,15,17). The highest BCUT2D eigenvalue weighted by atomic mass is 16.5. The summed E-state index contributed by atoms with van der Waals surface area (Å²) in [6.07, 6.45) is -1.41. The highest BCUT2D eigenvalue weighted by Gasteiger charge is 2.21. The maximum absolute atomic E-state index is 11.2. The van der Waals surface area contributed by atoms with Crippen molar-refractivity contribution in [2.75, 3.05) is 14.2 Å². The molecule has 0 spiro atoms. The summed E-state index contributed by atoms with van der Waals surface area (Å²) >= 11 is 0. The Morgan fingerprint density at radius 2 is 1.95 bits per heavy atom. The summed E-state index contributed by atoms with van der Waals surface area (Å²) in [5, 5.41) is 11.5. The number of methoxy groups -OCH3 is 2. The predicted octanol–water partition coefficient (Wildman–Crippen LogP) is 1.38. The van der Waals surface area contributed by atoms with E-state index in [4.69, 9.17) is 15.2 Å². The summed E-state index contributed by atoms with van der Waals surface area (Å²) in [6.45, 7) is 0. The van der Waals surface area contributed by atoms with Crippen molar-refractivity contribution in [2.24, 2.45) is 5.73 Å². The lowest BCUT2D eigenvalue weighted by atomic mass is 9.98. The number of ether oxygens (including phenoxy) is 2. The number of hydrogen-bond donors (Lipinski definition) is 2. The molecule has 0 saturated carbocycles. The summed E-state index contributed by atoms with van der Waals surface area (Å²) in [4.78, 5) is 11.2. The fourth-order valence-corrected chi connectivity index (χ4v) is 2.04. The van der Waals surface area contributed by atoms with Gasteiger partial charge in [0.15, 0.2) is 6.10 Å². The fraction of sp³-hybridized carbons (Fsp3) is 0.214. The SMILES string of the molecule is COc1ccc2c(C(O)C(N)=O)c(OC)ccc2c1. The van der Waals surface area contributed by atoms with Gasteiger partial charge in [-0.2, -0.15) is 0 Å². The highest BCUT2D eigenvalue weighted by Crippen LogP contribution is 2.34. The van der Waals surface area contributed by atoms with Crippen molar-refractivity contribution in [3.63, 3.8) is 0 Å². The third-order valence-electron chi connectivity index (χ3n) is 2.99. The molecular formula is C14H15NO4. The summed E-state index contributed by atoms with van der Waals surface area (Å²) in [6, 6.07) is 8.83. The Bertz CT molecular complexity index is 624. The quantitative estimate of drug-likeness (QED) is 0.871. The van der Waals surface area contributed by atoms with Crippen LogP contribution in [0, 0.1) is 0 Å². The van der Waals surface area contributed by atoms with E-state index in [9.17, 15) is 9.90 Å². The first-order valence-electron chi connectivity index (χ1n) is 5.70. The molecule has 0 aliphatic rings. The molecule has 0 bridgehead atoms. The van der Waals surface area contributed by atoms with E-state index in [2.05, 4.69) is 0 Å². The number of carbonyl (C=O) groups is 1. The van der Waals surface area contributed by atoms with Crippen molar-refractivity contribution in [3.05, 3.63) is 35.9 Å². The Morgan fingerprint density at radius 1 is 1.21 bits per heavy atom. The lowest BCUT2D eigenvalue weighted by molar-refractivity contribution is -0.126. The van der Waals surface area contributed by atoms with Crippen molar-refractivity contribution in [3.8, 4) is 11.5 Å². The van der Waals surface area contributed by atoms with Gasteiger partial charge >= 0.3 is 0 Å². The average Bonchev–Trinajstić information content (AvgIpc) is 2.44. The summed E-state index contributed by atoms with van der Waals surface area (Å²) < 4.78 is 10.3.